The molecule has 9 nitrogen and oxygen atoms in total. The maximum absolute atomic E-state index is 12.5. The van der Waals surface area contributed by atoms with Crippen LogP contribution in [0, 0.1) is 0 Å². The van der Waals surface area contributed by atoms with E-state index in [1.54, 1.807) is 30.9 Å². The number of esters is 1. The number of hydrazone groups is 1. The predicted octanol–water partition coefficient (Wildman–Crippen LogP) is 0.725. The second-order valence-corrected chi connectivity index (χ2v) is 6.39. The molecule has 27 heavy (non-hydrogen) atoms. The molecule has 0 spiro atoms. The highest BCUT2D eigenvalue weighted by Crippen LogP contribution is 2.21. The van der Waals surface area contributed by atoms with Crippen LogP contribution in [0.2, 0.25) is 0 Å². The summed E-state index contributed by atoms with van der Waals surface area (Å²) in [6.45, 7) is 4.17. The molecule has 1 heterocycles. The Morgan fingerprint density at radius 3 is 2.70 bits per heavy atom. The minimum absolute atomic E-state index is 0.0782. The third-order valence-corrected chi connectivity index (χ3v) is 3.92. The molecule has 3 amide bonds. The fourth-order valence-corrected chi connectivity index (χ4v) is 2.71. The van der Waals surface area contributed by atoms with Gasteiger partial charge in [-0.15, -0.1) is 0 Å². The first-order valence-electron chi connectivity index (χ1n) is 8.79. The number of nitrogens with two attached hydrogens (primary N) is 1. The van der Waals surface area contributed by atoms with Gasteiger partial charge in [-0.25, -0.2) is 4.79 Å². The van der Waals surface area contributed by atoms with E-state index in [-0.39, 0.29) is 30.9 Å². The van der Waals surface area contributed by atoms with Crippen molar-refractivity contribution >= 4 is 29.8 Å². The highest BCUT2D eigenvalue weighted by molar-refractivity contribution is 6.01. The van der Waals surface area contributed by atoms with Crippen LogP contribution in [0.1, 0.15) is 32.3 Å². The zero-order valence-electron chi connectivity index (χ0n) is 15.5. The van der Waals surface area contributed by atoms with Gasteiger partial charge in [0, 0.05) is 18.8 Å². The van der Waals surface area contributed by atoms with Gasteiger partial charge in [-0.3, -0.25) is 9.59 Å². The highest BCUT2D eigenvalue weighted by atomic mass is 16.5. The van der Waals surface area contributed by atoms with Crippen molar-refractivity contribution < 1.29 is 19.1 Å². The number of urea groups is 1. The molecule has 4 N–H and O–H groups in total. The molecule has 2 rings (SSSR count). The van der Waals surface area contributed by atoms with E-state index in [1.807, 2.05) is 12.1 Å². The van der Waals surface area contributed by atoms with Crippen LogP contribution in [0.4, 0.5) is 10.5 Å². The lowest BCUT2D eigenvalue weighted by Crippen LogP contribution is -2.46. The summed E-state index contributed by atoms with van der Waals surface area (Å²) in [5.74, 6) is 4.56. The molecule has 146 valence electrons. The molecule has 0 saturated carbocycles. The molecule has 1 atom stereocenters. The van der Waals surface area contributed by atoms with Crippen molar-refractivity contribution in [2.45, 2.75) is 38.8 Å². The maximum atomic E-state index is 12.5. The van der Waals surface area contributed by atoms with Gasteiger partial charge in [-0.1, -0.05) is 12.1 Å². The van der Waals surface area contributed by atoms with E-state index in [0.29, 0.717) is 13.0 Å². The second kappa shape index (κ2) is 9.56. The Morgan fingerprint density at radius 1 is 1.37 bits per heavy atom. The summed E-state index contributed by atoms with van der Waals surface area (Å²) in [6, 6.07) is 6.14. The minimum Gasteiger partial charge on any atom is -0.463 e. The summed E-state index contributed by atoms with van der Waals surface area (Å²) in [5, 5.41) is 8.66. The molecule has 1 aliphatic heterocycles. The first-order chi connectivity index (χ1) is 12.9. The molecule has 0 unspecified atom stereocenters. The third kappa shape index (κ3) is 5.98. The number of hydrogen-bond donors (Lipinski definition) is 3. The van der Waals surface area contributed by atoms with E-state index in [1.165, 1.54) is 6.21 Å². The first-order valence-corrected chi connectivity index (χ1v) is 8.79. The Morgan fingerprint density at radius 2 is 2.07 bits per heavy atom. The van der Waals surface area contributed by atoms with Crippen LogP contribution in [0.25, 0.3) is 0 Å². The zero-order valence-corrected chi connectivity index (χ0v) is 15.5. The molecule has 1 aliphatic rings. The van der Waals surface area contributed by atoms with E-state index in [0.717, 1.165) is 11.3 Å². The lowest BCUT2D eigenvalue weighted by Gasteiger charge is -2.17. The summed E-state index contributed by atoms with van der Waals surface area (Å²) in [6.07, 6.45) is 1.91. The topological polar surface area (TPSA) is 126 Å². The van der Waals surface area contributed by atoms with Crippen molar-refractivity contribution in [2.75, 3.05) is 18.0 Å². The van der Waals surface area contributed by atoms with E-state index < -0.39 is 12.1 Å². The lowest BCUT2D eigenvalue weighted by atomic mass is 10.2. The van der Waals surface area contributed by atoms with Crippen LogP contribution in [0.15, 0.2) is 29.4 Å². The average molecular weight is 375 g/mol. The molecule has 9 heteroatoms. The van der Waals surface area contributed by atoms with Gasteiger partial charge < -0.3 is 26.1 Å². The van der Waals surface area contributed by atoms with Crippen LogP contribution < -0.4 is 21.4 Å². The van der Waals surface area contributed by atoms with Crippen LogP contribution in [0.5, 0.6) is 0 Å². The molecule has 0 aliphatic carbocycles. The lowest BCUT2D eigenvalue weighted by molar-refractivity contribution is -0.147. The summed E-state index contributed by atoms with van der Waals surface area (Å²) in [5.41, 5.74) is 1.58. The number of carbonyl (C=O) groups is 3. The minimum atomic E-state index is -0.599. The van der Waals surface area contributed by atoms with E-state index in [9.17, 15) is 14.4 Å². The Bertz CT molecular complexity index is 702. The Hall–Kier alpha value is -3.10. The normalized spacial score (nSPS) is 16.8. The quantitative estimate of drug-likeness (QED) is 0.280. The molecule has 1 fully saturated rings. The van der Waals surface area contributed by atoms with Crippen molar-refractivity contribution in [3.63, 3.8) is 0 Å². The van der Waals surface area contributed by atoms with Gasteiger partial charge in [0.25, 0.3) is 0 Å². The number of carbonyl (C=O) groups excluding carboxylic acids is 3. The molecule has 1 aromatic rings. The number of ether oxygens (including phenoxy) is 1. The van der Waals surface area contributed by atoms with Gasteiger partial charge in [-0.2, -0.15) is 5.10 Å². The summed E-state index contributed by atoms with van der Waals surface area (Å²) < 4.78 is 4.98. The molecule has 1 aromatic carbocycles. The van der Waals surface area contributed by atoms with Crippen LogP contribution in [-0.4, -0.2) is 49.4 Å². The Kier molecular flexibility index (Phi) is 7.16. The van der Waals surface area contributed by atoms with Crippen molar-refractivity contribution in [2.24, 2.45) is 10.9 Å². The van der Waals surface area contributed by atoms with Gasteiger partial charge in [0.1, 0.15) is 6.04 Å². The fraction of sp³-hybridized carbons (Fsp3) is 0.444. The van der Waals surface area contributed by atoms with Gasteiger partial charge >= 0.3 is 12.0 Å². The van der Waals surface area contributed by atoms with Gasteiger partial charge in [0.15, 0.2) is 0 Å². The van der Waals surface area contributed by atoms with Gasteiger partial charge in [0.05, 0.1) is 18.7 Å². The molecule has 0 aromatic heterocycles. The number of benzene rings is 1. The first kappa shape index (κ1) is 20.2. The third-order valence-electron chi connectivity index (χ3n) is 3.92. The number of hydrogen-bond acceptors (Lipinski definition) is 6. The van der Waals surface area contributed by atoms with Crippen LogP contribution >= 0.6 is 0 Å². The highest BCUT2D eigenvalue weighted by Gasteiger charge is 2.33. The monoisotopic (exact) mass is 375 g/mol. The Labute approximate surface area is 157 Å². The summed E-state index contributed by atoms with van der Waals surface area (Å²) >= 11 is 0. The number of amides is 3. The Balaban J connectivity index is 1.80. The van der Waals surface area contributed by atoms with E-state index in [4.69, 9.17) is 10.6 Å². The number of rotatable bonds is 7. The fourth-order valence-electron chi connectivity index (χ4n) is 2.71. The largest absolute Gasteiger partial charge is 0.463 e. The number of nitrogens with zero attached hydrogens (tertiary/aromatic N) is 2. The molecular formula is C18H25N5O4. The molecular weight excluding hydrogens is 350 g/mol. The van der Waals surface area contributed by atoms with Crippen LogP contribution in [0.3, 0.4) is 0 Å². The van der Waals surface area contributed by atoms with Gasteiger partial charge in [-0.05, 0) is 38.0 Å². The van der Waals surface area contributed by atoms with E-state index in [2.05, 4.69) is 15.7 Å². The van der Waals surface area contributed by atoms with Crippen molar-refractivity contribution in [1.82, 2.24) is 10.6 Å². The summed E-state index contributed by atoms with van der Waals surface area (Å²) in [7, 11) is 0. The predicted molar refractivity (Wildman–Crippen MR) is 101 cm³/mol. The van der Waals surface area contributed by atoms with Crippen LogP contribution in [-0.2, 0) is 14.3 Å². The van der Waals surface area contributed by atoms with Crippen molar-refractivity contribution in [1.29, 1.82) is 0 Å². The molecule has 0 radical (unpaired) electrons. The zero-order chi connectivity index (χ0) is 19.8. The average Bonchev–Trinajstić information content (AvgIpc) is 2.96. The smallest absolute Gasteiger partial charge is 0.315 e. The summed E-state index contributed by atoms with van der Waals surface area (Å²) in [4.78, 5) is 37.5. The second-order valence-electron chi connectivity index (χ2n) is 6.39. The SMILES string of the molecule is CC(C)OC(=O)CCNC(=O)N[C@H]1CCN(c2ccc(C=NN)cc2)C1=O. The maximum Gasteiger partial charge on any atom is 0.315 e. The standard InChI is InChI=1S/C18H25N5O4/c1-12(2)27-16(24)7-9-20-18(26)22-15-8-10-23(17(15)25)14-5-3-13(4-6-14)11-21-19/h3-6,11-12,15H,7-10,19H2,1-2H3,(H2,20,22,26)/t15-/m0/s1. The number of nitrogens with one attached hydrogen (secondary N) is 2. The van der Waals surface area contributed by atoms with Crippen molar-refractivity contribution in [3.8, 4) is 0 Å². The number of anilines is 1. The van der Waals surface area contributed by atoms with Gasteiger partial charge in [0.2, 0.25) is 5.91 Å². The van der Waals surface area contributed by atoms with E-state index >= 15 is 0 Å². The molecule has 1 saturated heterocycles. The van der Waals surface area contributed by atoms with Crippen molar-refractivity contribution in [3.05, 3.63) is 29.8 Å². The molecule has 0 bridgehead atoms.